The first kappa shape index (κ1) is 26.7. The Morgan fingerprint density at radius 3 is 2.74 bits per heavy atom. The van der Waals surface area contributed by atoms with E-state index < -0.39 is 5.82 Å². The van der Waals surface area contributed by atoms with E-state index in [0.29, 0.717) is 18.0 Å². The summed E-state index contributed by atoms with van der Waals surface area (Å²) in [6.45, 7) is 3.92. The Balaban J connectivity index is 1.21. The number of morpholine rings is 1. The van der Waals surface area contributed by atoms with Crippen LogP contribution >= 0.6 is 23.6 Å². The summed E-state index contributed by atoms with van der Waals surface area (Å²) < 4.78 is 27.0. The Labute approximate surface area is 235 Å². The maximum atomic E-state index is 14.9. The number of halogens is 1. The van der Waals surface area contributed by atoms with Gasteiger partial charge in [-0.25, -0.2) is 4.39 Å². The number of benzene rings is 2. The van der Waals surface area contributed by atoms with E-state index in [4.69, 9.17) is 21.7 Å². The Kier molecular flexibility index (Phi) is 8.75. The molecule has 0 aliphatic carbocycles. The highest BCUT2D eigenvalue weighted by Crippen LogP contribution is 2.35. The quantitative estimate of drug-likeness (QED) is 0.255. The maximum Gasteiger partial charge on any atom is 0.230 e. The number of nitrogens with one attached hydrogen (secondary N) is 2. The van der Waals surface area contributed by atoms with Gasteiger partial charge in [-0.1, -0.05) is 42.2 Å². The lowest BCUT2D eigenvalue weighted by Gasteiger charge is -2.24. The molecule has 4 aromatic rings. The van der Waals surface area contributed by atoms with Gasteiger partial charge in [0.25, 0.3) is 0 Å². The van der Waals surface area contributed by atoms with Gasteiger partial charge in [-0.15, -0.1) is 11.3 Å². The van der Waals surface area contributed by atoms with E-state index in [1.807, 2.05) is 36.4 Å². The van der Waals surface area contributed by atoms with Crippen molar-refractivity contribution in [2.24, 2.45) is 0 Å². The van der Waals surface area contributed by atoms with Gasteiger partial charge in [0.15, 0.2) is 16.7 Å². The molecule has 5 rings (SSSR count). The fourth-order valence-corrected chi connectivity index (χ4v) is 5.12. The van der Waals surface area contributed by atoms with Crippen LogP contribution in [-0.2, 0) is 16.0 Å². The lowest BCUT2D eigenvalue weighted by molar-refractivity contribution is -0.119. The molecule has 0 atom stereocenters. The lowest BCUT2D eigenvalue weighted by Crippen LogP contribution is -2.36. The highest BCUT2D eigenvalue weighted by molar-refractivity contribution is 7.80. The first-order valence-corrected chi connectivity index (χ1v) is 13.6. The second-order valence-electron chi connectivity index (χ2n) is 8.74. The van der Waals surface area contributed by atoms with Crippen molar-refractivity contribution in [1.82, 2.24) is 15.2 Å². The highest BCUT2D eigenvalue weighted by atomic mass is 32.1. The van der Waals surface area contributed by atoms with Gasteiger partial charge < -0.3 is 20.1 Å². The summed E-state index contributed by atoms with van der Waals surface area (Å²) in [6, 6.07) is 17.3. The zero-order chi connectivity index (χ0) is 27.0. The van der Waals surface area contributed by atoms with Crippen LogP contribution in [0.15, 0.2) is 66.9 Å². The van der Waals surface area contributed by atoms with Crippen molar-refractivity contribution in [1.29, 1.82) is 0 Å². The van der Waals surface area contributed by atoms with Crippen molar-refractivity contribution >= 4 is 50.5 Å². The number of thiocarbonyl (C=S) groups is 1. The number of pyridine rings is 1. The Hall–Kier alpha value is -3.88. The first-order chi connectivity index (χ1) is 19.0. The number of nitrogens with zero attached hydrogens (tertiary/aromatic N) is 2. The summed E-state index contributed by atoms with van der Waals surface area (Å²) in [5.74, 6) is 6.13. The largest absolute Gasteiger partial charge is 0.453 e. The minimum Gasteiger partial charge on any atom is -0.453 e. The molecule has 1 fully saturated rings. The molecule has 0 unspecified atom stereocenters. The van der Waals surface area contributed by atoms with E-state index in [2.05, 4.69) is 32.4 Å². The van der Waals surface area contributed by atoms with E-state index in [0.717, 1.165) is 47.0 Å². The number of ether oxygens (including phenoxy) is 2. The van der Waals surface area contributed by atoms with Gasteiger partial charge in [-0.05, 0) is 36.0 Å². The minimum absolute atomic E-state index is 0.0560. The molecule has 0 saturated carbocycles. The molecule has 1 aliphatic heterocycles. The van der Waals surface area contributed by atoms with Crippen LogP contribution in [0.1, 0.15) is 10.4 Å². The van der Waals surface area contributed by atoms with Crippen LogP contribution in [0, 0.1) is 17.7 Å². The third-order valence-corrected chi connectivity index (χ3v) is 7.12. The normalized spacial score (nSPS) is 13.4. The number of rotatable bonds is 6. The average Bonchev–Trinajstić information content (AvgIpc) is 3.35. The molecule has 1 aliphatic rings. The molecular formula is C29H25FN4O3S2. The second-order valence-corrected chi connectivity index (χ2v) is 10.2. The smallest absolute Gasteiger partial charge is 0.230 e. The van der Waals surface area contributed by atoms with Crippen molar-refractivity contribution in [3.8, 4) is 23.3 Å². The van der Waals surface area contributed by atoms with Crippen LogP contribution in [0.3, 0.4) is 0 Å². The fraction of sp³-hybridized carbons (Fsp3) is 0.207. The predicted octanol–water partition coefficient (Wildman–Crippen LogP) is 4.97. The molecule has 10 heteroatoms. The van der Waals surface area contributed by atoms with Crippen molar-refractivity contribution in [2.75, 3.05) is 38.2 Å². The van der Waals surface area contributed by atoms with E-state index in [1.54, 1.807) is 18.3 Å². The van der Waals surface area contributed by atoms with Crippen LogP contribution in [0.5, 0.6) is 11.5 Å². The van der Waals surface area contributed by atoms with E-state index in [-0.39, 0.29) is 23.2 Å². The van der Waals surface area contributed by atoms with Gasteiger partial charge >= 0.3 is 0 Å². The number of fused-ring (bicyclic) bond motifs is 1. The van der Waals surface area contributed by atoms with Crippen LogP contribution in [0.25, 0.3) is 10.2 Å². The molecule has 3 heterocycles. The number of thiophene rings is 1. The number of anilines is 1. The minimum atomic E-state index is -0.578. The van der Waals surface area contributed by atoms with Gasteiger partial charge in [0.05, 0.1) is 41.3 Å². The average molecular weight is 561 g/mol. The molecule has 0 radical (unpaired) electrons. The lowest BCUT2D eigenvalue weighted by atomic mass is 10.1. The van der Waals surface area contributed by atoms with Gasteiger partial charge in [0, 0.05) is 37.1 Å². The molecule has 0 spiro atoms. The molecule has 2 aromatic carbocycles. The van der Waals surface area contributed by atoms with Gasteiger partial charge in [-0.3, -0.25) is 14.7 Å². The molecule has 7 nitrogen and oxygen atoms in total. The molecule has 1 amide bonds. The first-order valence-electron chi connectivity index (χ1n) is 12.3. The monoisotopic (exact) mass is 560 g/mol. The van der Waals surface area contributed by atoms with Crippen LogP contribution < -0.4 is 15.4 Å². The van der Waals surface area contributed by atoms with Crippen molar-refractivity contribution in [2.45, 2.75) is 6.42 Å². The number of carbonyl (C=O) groups excluding carboxylic acids is 1. The van der Waals surface area contributed by atoms with Gasteiger partial charge in [-0.2, -0.15) is 0 Å². The zero-order valence-corrected chi connectivity index (χ0v) is 22.5. The van der Waals surface area contributed by atoms with Gasteiger partial charge in [0.1, 0.15) is 5.75 Å². The summed E-state index contributed by atoms with van der Waals surface area (Å²) >= 11 is 6.67. The summed E-state index contributed by atoms with van der Waals surface area (Å²) in [4.78, 5) is 19.7. The van der Waals surface area contributed by atoms with E-state index in [1.165, 1.54) is 23.5 Å². The standard InChI is InChI=1S/C29H25FN4O3S2/c30-23-18-21(32-29(38)33-27(35)17-20-5-2-1-3-6-20)8-9-25(23)37-26-10-11-31-24-19-22(39-28(24)26)7-4-12-34-13-15-36-16-14-34/h1-3,5-6,8-11,18-19H,12-17H2,(H2,32,33,35,38). The number of hydrogen-bond acceptors (Lipinski definition) is 7. The van der Waals surface area contributed by atoms with Crippen LogP contribution in [0.4, 0.5) is 10.1 Å². The Morgan fingerprint density at radius 1 is 1.13 bits per heavy atom. The summed E-state index contributed by atoms with van der Waals surface area (Å²) in [5.41, 5.74) is 2.00. The summed E-state index contributed by atoms with van der Waals surface area (Å²) in [7, 11) is 0. The number of amides is 1. The SMILES string of the molecule is O=C(Cc1ccccc1)NC(=S)Nc1ccc(Oc2ccnc3cc(C#CCN4CCOCC4)sc23)c(F)c1. The van der Waals surface area contributed by atoms with Crippen molar-refractivity contribution in [3.05, 3.63) is 83.1 Å². The Bertz CT molecular complexity index is 1540. The second kappa shape index (κ2) is 12.8. The van der Waals surface area contributed by atoms with Gasteiger partial charge in [0.2, 0.25) is 5.91 Å². The molecule has 2 aromatic heterocycles. The zero-order valence-electron chi connectivity index (χ0n) is 20.9. The number of carbonyl (C=O) groups is 1. The molecule has 198 valence electrons. The van der Waals surface area contributed by atoms with E-state index in [9.17, 15) is 9.18 Å². The van der Waals surface area contributed by atoms with Crippen LogP contribution in [-0.4, -0.2) is 53.8 Å². The molecule has 1 saturated heterocycles. The fourth-order valence-electron chi connectivity index (χ4n) is 3.95. The predicted molar refractivity (Wildman–Crippen MR) is 155 cm³/mol. The molecule has 2 N–H and O–H groups in total. The summed E-state index contributed by atoms with van der Waals surface area (Å²) in [6.07, 6.45) is 1.81. The maximum absolute atomic E-state index is 14.9. The van der Waals surface area contributed by atoms with Crippen LogP contribution in [0.2, 0.25) is 0 Å². The summed E-state index contributed by atoms with van der Waals surface area (Å²) in [5, 5.41) is 5.53. The molecule has 39 heavy (non-hydrogen) atoms. The third kappa shape index (κ3) is 7.37. The van der Waals surface area contributed by atoms with Crippen molar-refractivity contribution in [3.63, 3.8) is 0 Å². The van der Waals surface area contributed by atoms with E-state index >= 15 is 0 Å². The molecular weight excluding hydrogens is 535 g/mol. The Morgan fingerprint density at radius 2 is 1.95 bits per heavy atom. The topological polar surface area (TPSA) is 75.7 Å². The highest BCUT2D eigenvalue weighted by Gasteiger charge is 2.13. The molecule has 0 bridgehead atoms. The number of aromatic nitrogens is 1. The van der Waals surface area contributed by atoms with Crippen molar-refractivity contribution < 1.29 is 18.7 Å². The third-order valence-electron chi connectivity index (χ3n) is 5.86. The number of hydrogen-bond donors (Lipinski definition) is 2.